The van der Waals surface area contributed by atoms with E-state index in [0.717, 1.165) is 42.8 Å². The number of aromatic nitrogens is 3. The minimum atomic E-state index is -4.58. The van der Waals surface area contributed by atoms with Crippen molar-refractivity contribution in [1.82, 2.24) is 14.8 Å². The number of ether oxygens (including phenoxy) is 3. The topological polar surface area (TPSA) is 107 Å². The van der Waals surface area contributed by atoms with Crippen LogP contribution in [0.2, 0.25) is 0 Å². The molecule has 2 heterocycles. The van der Waals surface area contributed by atoms with Crippen LogP contribution in [-0.2, 0) is 27.0 Å². The van der Waals surface area contributed by atoms with Gasteiger partial charge in [-0.25, -0.2) is 9.89 Å². The largest absolute Gasteiger partial charge is 0.489 e. The number of nitrogens with zero attached hydrogens (tertiary/aromatic N) is 2. The van der Waals surface area contributed by atoms with Crippen LogP contribution in [0, 0.1) is 0 Å². The lowest BCUT2D eigenvalue weighted by atomic mass is 10.1. The van der Waals surface area contributed by atoms with Crippen LogP contribution in [0.1, 0.15) is 18.4 Å². The molecule has 1 aromatic carbocycles. The lowest BCUT2D eigenvalue weighted by Crippen LogP contribution is -2.25. The van der Waals surface area contributed by atoms with E-state index in [1.54, 1.807) is 0 Å². The fourth-order valence-electron chi connectivity index (χ4n) is 3.05. The van der Waals surface area contributed by atoms with Gasteiger partial charge in [0.2, 0.25) is 5.91 Å². The van der Waals surface area contributed by atoms with Gasteiger partial charge in [0.25, 0.3) is 0 Å². The average Bonchev–Trinajstić information content (AvgIpc) is 3.38. The number of hydrogen-bond acceptors (Lipinski definition) is 7. The smallest absolute Gasteiger partial charge is 0.416 e. The standard InChI is InChI=1S/C19H23F3N4O5S/c1-29-7-8-31-15-5-4-12(19(20,21)22)9-14(15)23-16(27)11-32-18-25-24-17(28)26(18)10-13-3-2-6-30-13/h4-5,9,13H,2-3,6-8,10-11H2,1H3,(H,23,27)(H,24,28). The van der Waals surface area contributed by atoms with Crippen molar-refractivity contribution < 1.29 is 32.2 Å². The number of aromatic amines is 1. The first-order chi connectivity index (χ1) is 15.3. The SMILES string of the molecule is COCCOc1ccc(C(F)(F)F)cc1NC(=O)CSc1n[nH]c(=O)n1CC1CCCO1. The molecule has 0 radical (unpaired) electrons. The van der Waals surface area contributed by atoms with Gasteiger partial charge in [-0.3, -0.25) is 9.36 Å². The molecule has 176 valence electrons. The molecule has 2 N–H and O–H groups in total. The van der Waals surface area contributed by atoms with E-state index in [0.29, 0.717) is 18.3 Å². The van der Waals surface area contributed by atoms with E-state index < -0.39 is 23.3 Å². The minimum Gasteiger partial charge on any atom is -0.489 e. The van der Waals surface area contributed by atoms with Crippen molar-refractivity contribution in [2.24, 2.45) is 0 Å². The summed E-state index contributed by atoms with van der Waals surface area (Å²) in [5.74, 6) is -0.669. The molecule has 1 aliphatic rings. The van der Waals surface area contributed by atoms with Crippen molar-refractivity contribution in [2.45, 2.75) is 36.8 Å². The van der Waals surface area contributed by atoms with Gasteiger partial charge in [-0.05, 0) is 31.0 Å². The summed E-state index contributed by atoms with van der Waals surface area (Å²) in [6.07, 6.45) is -2.94. The monoisotopic (exact) mass is 476 g/mol. The Morgan fingerprint density at radius 2 is 2.22 bits per heavy atom. The minimum absolute atomic E-state index is 0.0865. The van der Waals surface area contributed by atoms with Crippen molar-refractivity contribution in [3.8, 4) is 5.75 Å². The maximum Gasteiger partial charge on any atom is 0.416 e. The van der Waals surface area contributed by atoms with Gasteiger partial charge in [-0.2, -0.15) is 13.2 Å². The van der Waals surface area contributed by atoms with E-state index in [1.807, 2.05) is 0 Å². The number of H-pyrrole nitrogens is 1. The number of alkyl halides is 3. The van der Waals surface area contributed by atoms with Crippen LogP contribution in [-0.4, -0.2) is 59.5 Å². The lowest BCUT2D eigenvalue weighted by Gasteiger charge is -2.15. The van der Waals surface area contributed by atoms with Crippen molar-refractivity contribution in [2.75, 3.05) is 38.0 Å². The van der Waals surface area contributed by atoms with Crippen LogP contribution >= 0.6 is 11.8 Å². The van der Waals surface area contributed by atoms with Crippen molar-refractivity contribution in [3.05, 3.63) is 34.2 Å². The highest BCUT2D eigenvalue weighted by atomic mass is 32.2. The summed E-state index contributed by atoms with van der Waals surface area (Å²) in [4.78, 5) is 24.5. The van der Waals surface area contributed by atoms with Crippen LogP contribution in [0.3, 0.4) is 0 Å². The Kier molecular flexibility index (Phi) is 8.21. The van der Waals surface area contributed by atoms with Crippen LogP contribution in [0.5, 0.6) is 5.75 Å². The molecule has 32 heavy (non-hydrogen) atoms. The molecule has 1 unspecified atom stereocenters. The number of thioether (sulfide) groups is 1. The zero-order chi connectivity index (χ0) is 23.1. The molecule has 0 spiro atoms. The van der Waals surface area contributed by atoms with Crippen molar-refractivity contribution in [1.29, 1.82) is 0 Å². The number of hydrogen-bond donors (Lipinski definition) is 2. The van der Waals surface area contributed by atoms with Crippen molar-refractivity contribution in [3.63, 3.8) is 0 Å². The Morgan fingerprint density at radius 1 is 1.41 bits per heavy atom. The van der Waals surface area contributed by atoms with Gasteiger partial charge in [0.15, 0.2) is 5.16 Å². The lowest BCUT2D eigenvalue weighted by molar-refractivity contribution is -0.137. The second kappa shape index (κ2) is 10.9. The Balaban J connectivity index is 1.67. The first kappa shape index (κ1) is 24.1. The number of halogens is 3. The maximum absolute atomic E-state index is 13.1. The number of benzene rings is 1. The summed E-state index contributed by atoms with van der Waals surface area (Å²) < 4.78 is 56.5. The quantitative estimate of drug-likeness (QED) is 0.401. The van der Waals surface area contributed by atoms with Crippen LogP contribution < -0.4 is 15.7 Å². The molecule has 9 nitrogen and oxygen atoms in total. The predicted molar refractivity (Wildman–Crippen MR) is 110 cm³/mol. The maximum atomic E-state index is 13.1. The van der Waals surface area contributed by atoms with E-state index in [9.17, 15) is 22.8 Å². The molecule has 3 rings (SSSR count). The number of anilines is 1. The zero-order valence-corrected chi connectivity index (χ0v) is 18.1. The van der Waals surface area contributed by atoms with Crippen LogP contribution in [0.15, 0.2) is 28.2 Å². The van der Waals surface area contributed by atoms with Crippen LogP contribution in [0.4, 0.5) is 18.9 Å². The number of amides is 1. The Hall–Kier alpha value is -2.51. The zero-order valence-electron chi connectivity index (χ0n) is 17.2. The van der Waals surface area contributed by atoms with E-state index >= 15 is 0 Å². The highest BCUT2D eigenvalue weighted by molar-refractivity contribution is 7.99. The van der Waals surface area contributed by atoms with E-state index in [1.165, 1.54) is 11.7 Å². The molecule has 0 saturated carbocycles. The molecule has 1 atom stereocenters. The average molecular weight is 476 g/mol. The highest BCUT2D eigenvalue weighted by Gasteiger charge is 2.31. The van der Waals surface area contributed by atoms with Gasteiger partial charge in [0, 0.05) is 13.7 Å². The molecular formula is C19H23F3N4O5S. The molecule has 1 saturated heterocycles. The Morgan fingerprint density at radius 3 is 2.91 bits per heavy atom. The van der Waals surface area contributed by atoms with Gasteiger partial charge < -0.3 is 19.5 Å². The van der Waals surface area contributed by atoms with Gasteiger partial charge in [0.05, 0.1) is 36.3 Å². The summed E-state index contributed by atoms with van der Waals surface area (Å²) >= 11 is 0.986. The third kappa shape index (κ3) is 6.50. The fourth-order valence-corrected chi connectivity index (χ4v) is 3.80. The van der Waals surface area contributed by atoms with Gasteiger partial charge in [-0.1, -0.05) is 11.8 Å². The normalized spacial score (nSPS) is 16.3. The molecule has 1 fully saturated rings. The van der Waals surface area contributed by atoms with Gasteiger partial charge in [-0.15, -0.1) is 5.10 Å². The third-order valence-electron chi connectivity index (χ3n) is 4.59. The molecule has 1 aromatic heterocycles. The van der Waals surface area contributed by atoms with Crippen molar-refractivity contribution >= 4 is 23.4 Å². The number of carbonyl (C=O) groups excluding carboxylic acids is 1. The summed E-state index contributed by atoms with van der Waals surface area (Å²) in [7, 11) is 1.46. The number of methoxy groups -OCH3 is 1. The summed E-state index contributed by atoms with van der Waals surface area (Å²) in [5.41, 5.74) is -1.45. The molecule has 0 aliphatic carbocycles. The molecule has 13 heteroatoms. The molecule has 2 aromatic rings. The molecule has 1 aliphatic heterocycles. The van der Waals surface area contributed by atoms with Gasteiger partial charge in [0.1, 0.15) is 12.4 Å². The number of nitrogens with one attached hydrogen (secondary N) is 2. The highest BCUT2D eigenvalue weighted by Crippen LogP contribution is 2.35. The molecule has 0 bridgehead atoms. The first-order valence-corrected chi connectivity index (χ1v) is 10.8. The van der Waals surface area contributed by atoms with E-state index in [4.69, 9.17) is 14.2 Å². The fraction of sp³-hybridized carbons (Fsp3) is 0.526. The summed E-state index contributed by atoms with van der Waals surface area (Å²) in [6.45, 7) is 1.27. The van der Waals surface area contributed by atoms with E-state index in [-0.39, 0.29) is 36.5 Å². The molecular weight excluding hydrogens is 453 g/mol. The summed E-state index contributed by atoms with van der Waals surface area (Å²) in [6, 6.07) is 2.83. The number of carbonyl (C=O) groups is 1. The first-order valence-electron chi connectivity index (χ1n) is 9.80. The third-order valence-corrected chi connectivity index (χ3v) is 5.57. The Bertz CT molecular complexity index is 973. The van der Waals surface area contributed by atoms with Gasteiger partial charge >= 0.3 is 11.9 Å². The van der Waals surface area contributed by atoms with E-state index in [2.05, 4.69) is 15.5 Å². The molecule has 1 amide bonds. The predicted octanol–water partition coefficient (Wildman–Crippen LogP) is 2.53. The second-order valence-electron chi connectivity index (χ2n) is 6.94. The number of rotatable bonds is 10. The second-order valence-corrected chi connectivity index (χ2v) is 7.89. The Labute approximate surface area is 185 Å². The van der Waals surface area contributed by atoms with Crippen LogP contribution in [0.25, 0.3) is 0 Å². The summed E-state index contributed by atoms with van der Waals surface area (Å²) in [5, 5.41) is 8.99.